The third-order valence-electron chi connectivity index (χ3n) is 2.22. The van der Waals surface area contributed by atoms with E-state index >= 15 is 0 Å². The molecule has 0 spiro atoms. The molecule has 3 nitrogen and oxygen atoms in total. The molecule has 3 heteroatoms. The third-order valence-corrected chi connectivity index (χ3v) is 2.22. The molecule has 0 saturated carbocycles. The number of aliphatic carboxylic acids is 1. The zero-order valence-electron chi connectivity index (χ0n) is 7.06. The van der Waals surface area contributed by atoms with Gasteiger partial charge in [0.2, 0.25) is 0 Å². The van der Waals surface area contributed by atoms with Crippen molar-refractivity contribution in [1.29, 1.82) is 0 Å². The zero-order chi connectivity index (χ0) is 9.26. The van der Waals surface area contributed by atoms with Crippen molar-refractivity contribution in [2.45, 2.75) is 12.5 Å². The van der Waals surface area contributed by atoms with Crippen molar-refractivity contribution in [3.8, 4) is 0 Å². The van der Waals surface area contributed by atoms with Gasteiger partial charge in [-0.05, 0) is 17.5 Å². The van der Waals surface area contributed by atoms with Crippen molar-refractivity contribution in [1.82, 2.24) is 0 Å². The number of carbonyl (C=O) groups is 1. The number of benzene rings is 1. The van der Waals surface area contributed by atoms with Crippen LogP contribution in [0.4, 0.5) is 0 Å². The average Bonchev–Trinajstić information content (AvgIpc) is 2.17. The summed E-state index contributed by atoms with van der Waals surface area (Å²) in [6, 6.07) is 7.52. The lowest BCUT2D eigenvalue weighted by atomic mass is 9.98. The SMILES string of the molecule is O=C(O)[C@H]1OCCc2ccccc21. The van der Waals surface area contributed by atoms with Gasteiger partial charge in [-0.25, -0.2) is 4.79 Å². The van der Waals surface area contributed by atoms with E-state index in [-0.39, 0.29) is 0 Å². The van der Waals surface area contributed by atoms with Gasteiger partial charge >= 0.3 is 5.97 Å². The van der Waals surface area contributed by atoms with E-state index in [0.717, 1.165) is 17.5 Å². The second kappa shape index (κ2) is 3.18. The van der Waals surface area contributed by atoms with E-state index in [4.69, 9.17) is 9.84 Å². The lowest BCUT2D eigenvalue weighted by Gasteiger charge is -2.22. The van der Waals surface area contributed by atoms with Crippen LogP contribution in [0.15, 0.2) is 24.3 Å². The molecule has 0 radical (unpaired) electrons. The molecule has 68 valence electrons. The lowest BCUT2D eigenvalue weighted by molar-refractivity contribution is -0.151. The van der Waals surface area contributed by atoms with E-state index < -0.39 is 12.1 Å². The van der Waals surface area contributed by atoms with Crippen molar-refractivity contribution in [3.05, 3.63) is 35.4 Å². The maximum atomic E-state index is 10.8. The normalized spacial score (nSPS) is 20.8. The van der Waals surface area contributed by atoms with Crippen LogP contribution in [-0.2, 0) is 16.0 Å². The van der Waals surface area contributed by atoms with Gasteiger partial charge in [-0.1, -0.05) is 24.3 Å². The Kier molecular flexibility index (Phi) is 2.02. The summed E-state index contributed by atoms with van der Waals surface area (Å²) in [5.74, 6) is -0.910. The van der Waals surface area contributed by atoms with Crippen LogP contribution >= 0.6 is 0 Å². The molecule has 0 amide bonds. The first kappa shape index (κ1) is 8.26. The van der Waals surface area contributed by atoms with Gasteiger partial charge in [0.05, 0.1) is 6.61 Å². The summed E-state index contributed by atoms with van der Waals surface area (Å²) < 4.78 is 5.17. The molecule has 1 aromatic carbocycles. The lowest BCUT2D eigenvalue weighted by Crippen LogP contribution is -2.22. The van der Waals surface area contributed by atoms with E-state index in [2.05, 4.69) is 0 Å². The molecule has 1 heterocycles. The summed E-state index contributed by atoms with van der Waals surface area (Å²) >= 11 is 0. The fourth-order valence-electron chi connectivity index (χ4n) is 1.60. The Balaban J connectivity index is 2.42. The summed E-state index contributed by atoms with van der Waals surface area (Å²) in [4.78, 5) is 10.8. The topological polar surface area (TPSA) is 46.5 Å². The molecular weight excluding hydrogens is 168 g/mol. The Labute approximate surface area is 76.0 Å². The number of carboxylic acid groups (broad SMARTS) is 1. The molecule has 0 saturated heterocycles. The minimum Gasteiger partial charge on any atom is -0.479 e. The van der Waals surface area contributed by atoms with Gasteiger partial charge in [-0.3, -0.25) is 0 Å². The van der Waals surface area contributed by atoms with Crippen molar-refractivity contribution in [2.24, 2.45) is 0 Å². The van der Waals surface area contributed by atoms with E-state index in [0.29, 0.717) is 6.61 Å². The Morgan fingerprint density at radius 1 is 1.46 bits per heavy atom. The molecule has 0 aromatic heterocycles. The van der Waals surface area contributed by atoms with Crippen LogP contribution in [0.2, 0.25) is 0 Å². The van der Waals surface area contributed by atoms with Crippen molar-refractivity contribution in [3.63, 3.8) is 0 Å². The predicted octanol–water partition coefficient (Wildman–Crippen LogP) is 1.39. The molecule has 0 fully saturated rings. The zero-order valence-corrected chi connectivity index (χ0v) is 7.06. The van der Waals surface area contributed by atoms with Crippen LogP contribution in [0, 0.1) is 0 Å². The highest BCUT2D eigenvalue weighted by molar-refractivity contribution is 5.75. The van der Waals surface area contributed by atoms with Gasteiger partial charge < -0.3 is 9.84 Å². The van der Waals surface area contributed by atoms with Crippen LogP contribution in [0.3, 0.4) is 0 Å². The maximum absolute atomic E-state index is 10.8. The number of hydrogen-bond acceptors (Lipinski definition) is 2. The van der Waals surface area contributed by atoms with Crippen LogP contribution in [0.1, 0.15) is 17.2 Å². The first-order valence-electron chi connectivity index (χ1n) is 4.21. The molecule has 0 unspecified atom stereocenters. The molecule has 0 bridgehead atoms. The number of hydrogen-bond donors (Lipinski definition) is 1. The third kappa shape index (κ3) is 1.42. The highest BCUT2D eigenvalue weighted by Crippen LogP contribution is 2.26. The minimum atomic E-state index is -0.910. The van der Waals surface area contributed by atoms with Gasteiger partial charge in [0, 0.05) is 0 Å². The second-order valence-electron chi connectivity index (χ2n) is 3.04. The van der Waals surface area contributed by atoms with Crippen LogP contribution < -0.4 is 0 Å². The first-order chi connectivity index (χ1) is 6.29. The molecule has 1 atom stereocenters. The van der Waals surface area contributed by atoms with Crippen molar-refractivity contribution < 1.29 is 14.6 Å². The quantitative estimate of drug-likeness (QED) is 0.706. The molecular formula is C10H10O3. The standard InChI is InChI=1S/C10H10O3/c11-10(12)9-8-4-2-1-3-7(8)5-6-13-9/h1-4,9H,5-6H2,(H,11,12)/t9-/m0/s1. The smallest absolute Gasteiger partial charge is 0.337 e. The molecule has 0 aliphatic carbocycles. The Morgan fingerprint density at radius 3 is 3.00 bits per heavy atom. The van der Waals surface area contributed by atoms with Gasteiger partial charge in [-0.15, -0.1) is 0 Å². The summed E-state index contributed by atoms with van der Waals surface area (Å²) in [6.45, 7) is 0.494. The molecule has 1 aliphatic heterocycles. The molecule has 1 N–H and O–H groups in total. The van der Waals surface area contributed by atoms with Crippen LogP contribution in [0.25, 0.3) is 0 Å². The summed E-state index contributed by atoms with van der Waals surface area (Å²) in [6.07, 6.45) is 0.0323. The Bertz CT molecular complexity index is 333. The highest BCUT2D eigenvalue weighted by atomic mass is 16.5. The number of carboxylic acids is 1. The average molecular weight is 178 g/mol. The van der Waals surface area contributed by atoms with Crippen LogP contribution in [0.5, 0.6) is 0 Å². The Morgan fingerprint density at radius 2 is 2.23 bits per heavy atom. The number of ether oxygens (including phenoxy) is 1. The maximum Gasteiger partial charge on any atom is 0.337 e. The van der Waals surface area contributed by atoms with Crippen molar-refractivity contribution >= 4 is 5.97 Å². The second-order valence-corrected chi connectivity index (χ2v) is 3.04. The van der Waals surface area contributed by atoms with E-state index in [9.17, 15) is 4.79 Å². The molecule has 13 heavy (non-hydrogen) atoms. The summed E-state index contributed by atoms with van der Waals surface area (Å²) in [7, 11) is 0. The first-order valence-corrected chi connectivity index (χ1v) is 4.21. The number of fused-ring (bicyclic) bond motifs is 1. The Hall–Kier alpha value is -1.35. The fraction of sp³-hybridized carbons (Fsp3) is 0.300. The van der Waals surface area contributed by atoms with E-state index in [1.54, 1.807) is 0 Å². The van der Waals surface area contributed by atoms with Gasteiger partial charge in [0.25, 0.3) is 0 Å². The molecule has 1 aromatic rings. The summed E-state index contributed by atoms with van der Waals surface area (Å²) in [5.41, 5.74) is 1.88. The number of rotatable bonds is 1. The predicted molar refractivity (Wildman–Crippen MR) is 46.5 cm³/mol. The largest absolute Gasteiger partial charge is 0.479 e. The summed E-state index contributed by atoms with van der Waals surface area (Å²) in [5, 5.41) is 8.86. The van der Waals surface area contributed by atoms with Gasteiger partial charge in [-0.2, -0.15) is 0 Å². The van der Waals surface area contributed by atoms with Gasteiger partial charge in [0.1, 0.15) is 0 Å². The minimum absolute atomic E-state index is 0.494. The fourth-order valence-corrected chi connectivity index (χ4v) is 1.60. The van der Waals surface area contributed by atoms with Gasteiger partial charge in [0.15, 0.2) is 6.10 Å². The van der Waals surface area contributed by atoms with E-state index in [1.165, 1.54) is 0 Å². The van der Waals surface area contributed by atoms with E-state index in [1.807, 2.05) is 24.3 Å². The highest BCUT2D eigenvalue weighted by Gasteiger charge is 2.26. The monoisotopic (exact) mass is 178 g/mol. The van der Waals surface area contributed by atoms with Crippen molar-refractivity contribution in [2.75, 3.05) is 6.61 Å². The molecule has 1 aliphatic rings. The molecule has 2 rings (SSSR count). The van der Waals surface area contributed by atoms with Crippen LogP contribution in [-0.4, -0.2) is 17.7 Å².